The van der Waals surface area contributed by atoms with Crippen LogP contribution in [0.3, 0.4) is 0 Å². The van der Waals surface area contributed by atoms with Gasteiger partial charge in [0.25, 0.3) is 5.91 Å². The van der Waals surface area contributed by atoms with E-state index >= 15 is 0 Å². The molecule has 0 aromatic carbocycles. The molecule has 1 amide bonds. The number of alkyl halides is 1. The lowest BCUT2D eigenvalue weighted by molar-refractivity contribution is -0.194. The minimum atomic E-state index is -2.02. The Morgan fingerprint density at radius 2 is 2.05 bits per heavy atom. The molecule has 1 aromatic heterocycles. The van der Waals surface area contributed by atoms with Gasteiger partial charge in [0, 0.05) is 0 Å². The number of hydroxylamine groups is 1. The molecule has 0 bridgehead atoms. The van der Waals surface area contributed by atoms with Crippen molar-refractivity contribution in [1.82, 2.24) is 10.6 Å². The number of carbonyl (C=O) groups excluding carboxylic acids is 1. The highest BCUT2D eigenvalue weighted by molar-refractivity contribution is 5.80. The smallest absolute Gasteiger partial charge is 0.316 e. The summed E-state index contributed by atoms with van der Waals surface area (Å²) in [4.78, 5) is 20.7. The third kappa shape index (κ3) is 3.62. The number of halogens is 2. The molecular formula is C10H14F2N2O6. The summed E-state index contributed by atoms with van der Waals surface area (Å²) in [5.41, 5.74) is 0.390. The van der Waals surface area contributed by atoms with E-state index in [-0.39, 0.29) is 19.0 Å². The molecule has 1 aliphatic rings. The van der Waals surface area contributed by atoms with E-state index in [4.69, 9.17) is 14.7 Å². The summed E-state index contributed by atoms with van der Waals surface area (Å²) in [6.45, 7) is 3.17. The molecule has 3 N–H and O–H groups in total. The molecule has 1 unspecified atom stereocenters. The fourth-order valence-electron chi connectivity index (χ4n) is 1.34. The third-order valence-electron chi connectivity index (χ3n) is 2.47. The maximum atomic E-state index is 13.1. The van der Waals surface area contributed by atoms with Crippen molar-refractivity contribution in [2.24, 2.45) is 0 Å². The van der Waals surface area contributed by atoms with E-state index in [1.54, 1.807) is 0 Å². The van der Waals surface area contributed by atoms with E-state index in [1.165, 1.54) is 19.3 Å². The Hall–Kier alpha value is -1.78. The SMILES string of the molecule is CC1(C(F)C(=O)NO)OCCO1.Cc1o[nH]c(=O)c1F. The molecule has 114 valence electrons. The van der Waals surface area contributed by atoms with Crippen molar-refractivity contribution in [3.05, 3.63) is 21.9 Å². The first-order valence-electron chi connectivity index (χ1n) is 5.51. The second-order valence-corrected chi connectivity index (χ2v) is 3.95. The Balaban J connectivity index is 0.000000217. The van der Waals surface area contributed by atoms with Gasteiger partial charge in [-0.3, -0.25) is 14.8 Å². The number of aromatic amines is 1. The van der Waals surface area contributed by atoms with Crippen molar-refractivity contribution in [3.8, 4) is 0 Å². The number of ether oxygens (including phenoxy) is 2. The monoisotopic (exact) mass is 296 g/mol. The molecule has 20 heavy (non-hydrogen) atoms. The maximum absolute atomic E-state index is 13.1. The van der Waals surface area contributed by atoms with Crippen molar-refractivity contribution in [1.29, 1.82) is 0 Å². The lowest BCUT2D eigenvalue weighted by atomic mass is 10.2. The fourth-order valence-corrected chi connectivity index (χ4v) is 1.34. The summed E-state index contributed by atoms with van der Waals surface area (Å²) in [6.07, 6.45) is -2.02. The molecule has 1 saturated heterocycles. The number of nitrogens with one attached hydrogen (secondary N) is 2. The van der Waals surface area contributed by atoms with E-state index in [0.29, 0.717) is 0 Å². The van der Waals surface area contributed by atoms with Crippen LogP contribution in [0.4, 0.5) is 8.78 Å². The Morgan fingerprint density at radius 3 is 2.35 bits per heavy atom. The van der Waals surface area contributed by atoms with Gasteiger partial charge in [-0.05, 0) is 13.8 Å². The van der Waals surface area contributed by atoms with Gasteiger partial charge >= 0.3 is 5.56 Å². The quantitative estimate of drug-likeness (QED) is 0.523. The van der Waals surface area contributed by atoms with Gasteiger partial charge in [0.2, 0.25) is 17.8 Å². The zero-order valence-electron chi connectivity index (χ0n) is 10.7. The van der Waals surface area contributed by atoms with Gasteiger partial charge < -0.3 is 14.0 Å². The maximum Gasteiger partial charge on any atom is 0.316 e. The van der Waals surface area contributed by atoms with Crippen LogP contribution in [-0.2, 0) is 14.3 Å². The number of aryl methyl sites for hydroxylation is 1. The van der Waals surface area contributed by atoms with E-state index in [0.717, 1.165) is 0 Å². The van der Waals surface area contributed by atoms with E-state index < -0.39 is 29.2 Å². The second-order valence-electron chi connectivity index (χ2n) is 3.95. The summed E-state index contributed by atoms with van der Waals surface area (Å²) >= 11 is 0. The van der Waals surface area contributed by atoms with Crippen LogP contribution < -0.4 is 11.0 Å². The molecule has 1 atom stereocenters. The molecule has 0 aliphatic carbocycles. The summed E-state index contributed by atoms with van der Waals surface area (Å²) in [7, 11) is 0. The molecule has 0 saturated carbocycles. The first kappa shape index (κ1) is 16.3. The molecule has 2 rings (SSSR count). The Labute approximate surface area is 111 Å². The van der Waals surface area contributed by atoms with Crippen molar-refractivity contribution in [3.63, 3.8) is 0 Å². The lowest BCUT2D eigenvalue weighted by Crippen LogP contribution is -2.47. The van der Waals surface area contributed by atoms with E-state index in [1.807, 2.05) is 5.16 Å². The van der Waals surface area contributed by atoms with Gasteiger partial charge in [-0.15, -0.1) is 0 Å². The normalized spacial score (nSPS) is 18.1. The van der Waals surface area contributed by atoms with Crippen LogP contribution in [0, 0.1) is 12.7 Å². The van der Waals surface area contributed by atoms with E-state index in [9.17, 15) is 18.4 Å². The van der Waals surface area contributed by atoms with Crippen molar-refractivity contribution in [2.45, 2.75) is 25.8 Å². The lowest BCUT2D eigenvalue weighted by Gasteiger charge is -2.24. The highest BCUT2D eigenvalue weighted by Gasteiger charge is 2.44. The van der Waals surface area contributed by atoms with Crippen LogP contribution in [0.15, 0.2) is 9.32 Å². The zero-order valence-corrected chi connectivity index (χ0v) is 10.7. The third-order valence-corrected chi connectivity index (χ3v) is 2.47. The summed E-state index contributed by atoms with van der Waals surface area (Å²) < 4.78 is 39.1. The van der Waals surface area contributed by atoms with Crippen LogP contribution in [0.1, 0.15) is 12.7 Å². The molecule has 10 heteroatoms. The van der Waals surface area contributed by atoms with Crippen molar-refractivity contribution < 1.29 is 32.8 Å². The summed E-state index contributed by atoms with van der Waals surface area (Å²) in [5.74, 6) is -3.58. The molecular weight excluding hydrogens is 282 g/mol. The van der Waals surface area contributed by atoms with Gasteiger partial charge in [-0.25, -0.2) is 9.87 Å². The number of hydrogen-bond donors (Lipinski definition) is 3. The van der Waals surface area contributed by atoms with Crippen LogP contribution in [-0.4, -0.2) is 41.4 Å². The molecule has 1 aliphatic heterocycles. The highest BCUT2D eigenvalue weighted by atomic mass is 19.1. The van der Waals surface area contributed by atoms with Crippen LogP contribution >= 0.6 is 0 Å². The van der Waals surface area contributed by atoms with Crippen molar-refractivity contribution in [2.75, 3.05) is 13.2 Å². The molecule has 1 aromatic rings. The Morgan fingerprint density at radius 1 is 1.50 bits per heavy atom. The summed E-state index contributed by atoms with van der Waals surface area (Å²) in [5, 5.41) is 9.96. The van der Waals surface area contributed by atoms with Gasteiger partial charge in [-0.1, -0.05) is 0 Å². The standard InChI is InChI=1S/C6H10FNO4.C4H4FNO2/c1-6(11-2-3-12-6)4(7)5(9)8-10;1-2-3(5)4(7)6-8-2/h4,10H,2-3H2,1H3,(H,8,9);1H3,(H,6,7). The number of hydrogen-bond acceptors (Lipinski definition) is 6. The van der Waals surface area contributed by atoms with Crippen molar-refractivity contribution >= 4 is 5.91 Å². The Kier molecular flexibility index (Phi) is 5.36. The Bertz CT molecular complexity index is 508. The van der Waals surface area contributed by atoms with Gasteiger partial charge in [0.15, 0.2) is 5.76 Å². The number of aromatic nitrogens is 1. The highest BCUT2D eigenvalue weighted by Crippen LogP contribution is 2.25. The van der Waals surface area contributed by atoms with E-state index in [2.05, 4.69) is 4.52 Å². The van der Waals surface area contributed by atoms with Gasteiger partial charge in [0.1, 0.15) is 0 Å². The predicted octanol–water partition coefficient (Wildman–Crippen LogP) is 0.00832. The van der Waals surface area contributed by atoms with Gasteiger partial charge in [-0.2, -0.15) is 9.55 Å². The van der Waals surface area contributed by atoms with Crippen LogP contribution in [0.5, 0.6) is 0 Å². The number of H-pyrrole nitrogens is 1. The number of amides is 1. The summed E-state index contributed by atoms with van der Waals surface area (Å²) in [6, 6.07) is 0. The molecule has 0 radical (unpaired) electrons. The molecule has 2 heterocycles. The number of carbonyl (C=O) groups is 1. The first-order valence-corrected chi connectivity index (χ1v) is 5.51. The average molecular weight is 296 g/mol. The largest absolute Gasteiger partial charge is 0.381 e. The molecule has 1 fully saturated rings. The molecule has 0 spiro atoms. The first-order chi connectivity index (χ1) is 9.31. The van der Waals surface area contributed by atoms with Crippen LogP contribution in [0.2, 0.25) is 0 Å². The topological polar surface area (TPSA) is 114 Å². The molecule has 8 nitrogen and oxygen atoms in total. The van der Waals surface area contributed by atoms with Gasteiger partial charge in [0.05, 0.1) is 13.2 Å². The minimum Gasteiger partial charge on any atom is -0.381 e. The second kappa shape index (κ2) is 6.59. The number of rotatable bonds is 2. The average Bonchev–Trinajstić information content (AvgIpc) is 3.00. The van der Waals surface area contributed by atoms with Crippen LogP contribution in [0.25, 0.3) is 0 Å². The fraction of sp³-hybridized carbons (Fsp3) is 0.600. The predicted molar refractivity (Wildman–Crippen MR) is 59.2 cm³/mol. The minimum absolute atomic E-state index is 0.00463. The zero-order chi connectivity index (χ0) is 15.3.